The first kappa shape index (κ1) is 23.5. The van der Waals surface area contributed by atoms with Crippen LogP contribution < -0.4 is 9.62 Å². The summed E-state index contributed by atoms with van der Waals surface area (Å²) in [7, 11) is -3.93. The molecular formula is C22H27N3O6S. The summed E-state index contributed by atoms with van der Waals surface area (Å²) < 4.78 is 33.3. The summed E-state index contributed by atoms with van der Waals surface area (Å²) in [5.74, 6) is -1.72. The molecule has 1 unspecified atom stereocenters. The van der Waals surface area contributed by atoms with Crippen LogP contribution in [-0.2, 0) is 19.6 Å². The second-order valence-corrected chi connectivity index (χ2v) is 9.46. The van der Waals surface area contributed by atoms with Crippen LogP contribution in [0.15, 0.2) is 35.4 Å². The van der Waals surface area contributed by atoms with Crippen molar-refractivity contribution in [3.63, 3.8) is 0 Å². The second kappa shape index (κ2) is 9.56. The fourth-order valence-corrected chi connectivity index (χ4v) is 5.12. The molecule has 2 heterocycles. The van der Waals surface area contributed by atoms with E-state index in [1.54, 1.807) is 37.8 Å². The van der Waals surface area contributed by atoms with E-state index >= 15 is 0 Å². The number of hydrogen-bond donors (Lipinski definition) is 2. The average molecular weight is 462 g/mol. The third kappa shape index (κ3) is 5.18. The third-order valence-electron chi connectivity index (χ3n) is 5.32. The second-order valence-electron chi connectivity index (χ2n) is 7.81. The molecule has 0 aliphatic carbocycles. The number of nitrogens with zero attached hydrogens (tertiary/aromatic N) is 2. The number of aromatic nitrogens is 1. The number of esters is 1. The fourth-order valence-electron chi connectivity index (χ4n) is 3.75. The van der Waals surface area contributed by atoms with Crippen LogP contribution in [0.25, 0.3) is 0 Å². The van der Waals surface area contributed by atoms with Crippen molar-refractivity contribution < 1.29 is 27.9 Å². The molecule has 10 heteroatoms. The maximum atomic E-state index is 12.9. The van der Waals surface area contributed by atoms with E-state index in [1.165, 1.54) is 12.3 Å². The molecule has 172 valence electrons. The van der Waals surface area contributed by atoms with Crippen LogP contribution in [-0.4, -0.2) is 50.1 Å². The van der Waals surface area contributed by atoms with Gasteiger partial charge in [0, 0.05) is 13.1 Å². The predicted molar refractivity (Wildman–Crippen MR) is 119 cm³/mol. The van der Waals surface area contributed by atoms with Gasteiger partial charge in [0.15, 0.2) is 0 Å². The summed E-state index contributed by atoms with van der Waals surface area (Å²) in [6.45, 7) is 6.33. The molecule has 1 aliphatic heterocycles. The number of hydrogen-bond acceptors (Lipinski definition) is 7. The molecule has 3 rings (SSSR count). The van der Waals surface area contributed by atoms with Crippen LogP contribution in [0, 0.1) is 19.8 Å². The van der Waals surface area contributed by atoms with Gasteiger partial charge in [-0.3, -0.25) is 9.52 Å². The minimum absolute atomic E-state index is 0.0472. The predicted octanol–water partition coefficient (Wildman–Crippen LogP) is 2.98. The van der Waals surface area contributed by atoms with E-state index in [1.807, 2.05) is 6.07 Å². The van der Waals surface area contributed by atoms with Gasteiger partial charge in [-0.1, -0.05) is 12.1 Å². The number of benzene rings is 1. The SMILES string of the molecule is CCOC(=O)C1CCCN(c2ncc(NS(=O)(=O)c3cc(C)ccc3C)cc2C(=O)O)C1. The summed E-state index contributed by atoms with van der Waals surface area (Å²) >= 11 is 0. The van der Waals surface area contributed by atoms with Crippen molar-refractivity contribution >= 4 is 33.5 Å². The lowest BCUT2D eigenvalue weighted by atomic mass is 9.98. The highest BCUT2D eigenvalue weighted by Gasteiger charge is 2.30. The quantitative estimate of drug-likeness (QED) is 0.603. The van der Waals surface area contributed by atoms with Crippen LogP contribution in [0.4, 0.5) is 11.5 Å². The highest BCUT2D eigenvalue weighted by atomic mass is 32.2. The summed E-state index contributed by atoms with van der Waals surface area (Å²) in [4.78, 5) is 30.2. The van der Waals surface area contributed by atoms with E-state index < -0.39 is 16.0 Å². The molecule has 0 spiro atoms. The molecule has 0 amide bonds. The molecule has 1 fully saturated rings. The number of carbonyl (C=O) groups is 2. The van der Waals surface area contributed by atoms with Gasteiger partial charge < -0.3 is 14.7 Å². The number of piperidine rings is 1. The van der Waals surface area contributed by atoms with Gasteiger partial charge in [-0.15, -0.1) is 0 Å². The van der Waals surface area contributed by atoms with Crippen LogP contribution in [0.1, 0.15) is 41.3 Å². The smallest absolute Gasteiger partial charge is 0.339 e. The molecule has 9 nitrogen and oxygen atoms in total. The van der Waals surface area contributed by atoms with Crippen molar-refractivity contribution in [2.24, 2.45) is 5.92 Å². The summed E-state index contributed by atoms with van der Waals surface area (Å²) in [6, 6.07) is 6.34. The van der Waals surface area contributed by atoms with Crippen LogP contribution >= 0.6 is 0 Å². The van der Waals surface area contributed by atoms with Crippen molar-refractivity contribution in [1.82, 2.24) is 4.98 Å². The molecule has 1 aromatic heterocycles. The van der Waals surface area contributed by atoms with Crippen molar-refractivity contribution in [2.45, 2.75) is 38.5 Å². The minimum atomic E-state index is -3.93. The van der Waals surface area contributed by atoms with Gasteiger partial charge in [-0.05, 0) is 56.9 Å². The average Bonchev–Trinajstić information content (AvgIpc) is 2.75. The Morgan fingerprint density at radius 3 is 2.72 bits per heavy atom. The van der Waals surface area contributed by atoms with Gasteiger partial charge in [0.1, 0.15) is 11.4 Å². The van der Waals surface area contributed by atoms with Gasteiger partial charge in [-0.2, -0.15) is 0 Å². The number of aryl methyl sites for hydroxylation is 2. The van der Waals surface area contributed by atoms with Crippen molar-refractivity contribution in [3.8, 4) is 0 Å². The molecule has 1 aliphatic rings. The normalized spacial score (nSPS) is 16.5. The molecule has 32 heavy (non-hydrogen) atoms. The monoisotopic (exact) mass is 461 g/mol. The first-order chi connectivity index (χ1) is 15.1. The topological polar surface area (TPSA) is 126 Å². The Kier molecular flexibility index (Phi) is 7.02. The van der Waals surface area contributed by atoms with Crippen LogP contribution in [0.3, 0.4) is 0 Å². The summed E-state index contributed by atoms with van der Waals surface area (Å²) in [5, 5.41) is 9.74. The maximum Gasteiger partial charge on any atom is 0.339 e. The van der Waals surface area contributed by atoms with Crippen molar-refractivity contribution in [1.29, 1.82) is 0 Å². The Balaban J connectivity index is 1.89. The first-order valence-electron chi connectivity index (χ1n) is 10.4. The molecule has 1 atom stereocenters. The van der Waals surface area contributed by atoms with E-state index in [0.717, 1.165) is 5.56 Å². The standard InChI is InChI=1S/C22H27N3O6S/c1-4-31-22(28)16-6-5-9-25(13-16)20-18(21(26)27)11-17(12-23-20)24-32(29,30)19-10-14(2)7-8-15(19)3/h7-8,10-12,16,24H,4-6,9,13H2,1-3H3,(H,26,27). The van der Waals surface area contributed by atoms with Crippen LogP contribution in [0.2, 0.25) is 0 Å². The van der Waals surface area contributed by atoms with Gasteiger partial charge in [0.25, 0.3) is 10.0 Å². The number of carboxylic acid groups (broad SMARTS) is 1. The molecule has 2 N–H and O–H groups in total. The lowest BCUT2D eigenvalue weighted by Crippen LogP contribution is -2.40. The largest absolute Gasteiger partial charge is 0.478 e. The molecule has 0 saturated carbocycles. The Labute approximate surface area is 187 Å². The molecule has 0 bridgehead atoms. The molecular weight excluding hydrogens is 434 g/mol. The molecule has 1 saturated heterocycles. The Hall–Kier alpha value is -3.14. The molecule has 2 aromatic rings. The number of ether oxygens (including phenoxy) is 1. The van der Waals surface area contributed by atoms with Gasteiger partial charge >= 0.3 is 11.9 Å². The van der Waals surface area contributed by atoms with Gasteiger partial charge in [-0.25, -0.2) is 18.2 Å². The number of sulfonamides is 1. The zero-order chi connectivity index (χ0) is 23.5. The zero-order valence-corrected chi connectivity index (χ0v) is 19.1. The van der Waals surface area contributed by atoms with E-state index in [4.69, 9.17) is 4.74 Å². The number of anilines is 2. The summed E-state index contributed by atoms with van der Waals surface area (Å²) in [6.07, 6.45) is 2.63. The number of carbonyl (C=O) groups excluding carboxylic acids is 1. The molecule has 0 radical (unpaired) electrons. The lowest BCUT2D eigenvalue weighted by Gasteiger charge is -2.33. The van der Waals surface area contributed by atoms with E-state index in [9.17, 15) is 23.1 Å². The Bertz CT molecular complexity index is 1130. The number of rotatable bonds is 7. The Morgan fingerprint density at radius 1 is 1.28 bits per heavy atom. The highest BCUT2D eigenvalue weighted by molar-refractivity contribution is 7.92. The fraction of sp³-hybridized carbons (Fsp3) is 0.409. The van der Waals surface area contributed by atoms with Crippen molar-refractivity contribution in [2.75, 3.05) is 29.3 Å². The Morgan fingerprint density at radius 2 is 2.03 bits per heavy atom. The van der Waals surface area contributed by atoms with Crippen molar-refractivity contribution in [3.05, 3.63) is 47.2 Å². The number of carboxylic acids is 1. The zero-order valence-electron chi connectivity index (χ0n) is 18.3. The van der Waals surface area contributed by atoms with Crippen LogP contribution in [0.5, 0.6) is 0 Å². The van der Waals surface area contributed by atoms with Gasteiger partial charge in [0.2, 0.25) is 0 Å². The van der Waals surface area contributed by atoms with E-state index in [-0.39, 0.29) is 40.5 Å². The third-order valence-corrected chi connectivity index (χ3v) is 6.85. The maximum absolute atomic E-state index is 12.9. The number of nitrogens with one attached hydrogen (secondary N) is 1. The van der Waals surface area contributed by atoms with E-state index in [2.05, 4.69) is 9.71 Å². The first-order valence-corrected chi connectivity index (χ1v) is 11.9. The van der Waals surface area contributed by atoms with E-state index in [0.29, 0.717) is 31.5 Å². The summed E-state index contributed by atoms with van der Waals surface area (Å²) in [5.41, 5.74) is 1.27. The lowest BCUT2D eigenvalue weighted by molar-refractivity contribution is -0.148. The molecule has 1 aromatic carbocycles. The number of pyridine rings is 1. The number of aromatic carboxylic acids is 1. The minimum Gasteiger partial charge on any atom is -0.478 e. The highest BCUT2D eigenvalue weighted by Crippen LogP contribution is 2.28. The van der Waals surface area contributed by atoms with Gasteiger partial charge in [0.05, 0.1) is 29.3 Å².